The lowest BCUT2D eigenvalue weighted by Crippen LogP contribution is -2.49. The molecule has 0 aliphatic carbocycles. The van der Waals surface area contributed by atoms with Gasteiger partial charge in [0, 0.05) is 16.3 Å². The van der Waals surface area contributed by atoms with E-state index in [-0.39, 0.29) is 0 Å². The highest BCUT2D eigenvalue weighted by Crippen LogP contribution is 2.32. The van der Waals surface area contributed by atoms with Crippen LogP contribution in [0.5, 0.6) is 0 Å². The molecule has 9 heteroatoms. The number of amides is 1. The molecule has 1 amide bonds. The maximum absolute atomic E-state index is 12.5. The molecule has 154 valence electrons. The van der Waals surface area contributed by atoms with Crippen LogP contribution < -0.4 is 10.6 Å². The van der Waals surface area contributed by atoms with Gasteiger partial charge in [0.05, 0.1) is 11.4 Å². The molecule has 0 spiro atoms. The van der Waals surface area contributed by atoms with E-state index < -0.39 is 15.9 Å². The Morgan fingerprint density at radius 1 is 0.833 bits per heavy atom. The average Bonchev–Trinajstić information content (AvgIpc) is 2.73. The second-order valence-electron chi connectivity index (χ2n) is 6.19. The van der Waals surface area contributed by atoms with Gasteiger partial charge in [0.2, 0.25) is 3.79 Å². The third kappa shape index (κ3) is 6.61. The summed E-state index contributed by atoms with van der Waals surface area (Å²) in [5.74, 6) is -0.436. The van der Waals surface area contributed by atoms with Gasteiger partial charge in [0.25, 0.3) is 5.91 Å². The number of alkyl halides is 3. The third-order valence-corrected chi connectivity index (χ3v) is 4.79. The molecule has 0 aliphatic heterocycles. The smallest absolute Gasteiger partial charge is 0.253 e. The van der Waals surface area contributed by atoms with Crippen molar-refractivity contribution >= 4 is 69.4 Å². The largest absolute Gasteiger partial charge is 0.362 e. The Morgan fingerprint density at radius 2 is 1.47 bits per heavy atom. The summed E-state index contributed by atoms with van der Waals surface area (Å²) in [5.41, 5.74) is 2.37. The summed E-state index contributed by atoms with van der Waals surface area (Å²) in [7, 11) is 0. The van der Waals surface area contributed by atoms with E-state index in [9.17, 15) is 4.79 Å². The minimum absolute atomic E-state index is 0.347. The van der Waals surface area contributed by atoms with Crippen molar-refractivity contribution in [2.75, 3.05) is 5.32 Å². The predicted molar refractivity (Wildman–Crippen MR) is 124 cm³/mol. The van der Waals surface area contributed by atoms with Crippen molar-refractivity contribution in [1.29, 1.82) is 0 Å². The van der Waals surface area contributed by atoms with Crippen molar-refractivity contribution in [2.45, 2.75) is 9.96 Å². The number of hydrogen-bond donors (Lipinski definition) is 2. The minimum atomic E-state index is -1.81. The fourth-order valence-corrected chi connectivity index (χ4v) is 2.96. The van der Waals surface area contributed by atoms with Crippen LogP contribution in [-0.2, 0) is 0 Å². The summed E-state index contributed by atoms with van der Waals surface area (Å²) in [5, 5.41) is 14.4. The number of hydrogen-bond acceptors (Lipinski definition) is 4. The molecule has 0 saturated heterocycles. The molecule has 3 aromatic carbocycles. The van der Waals surface area contributed by atoms with E-state index >= 15 is 0 Å². The van der Waals surface area contributed by atoms with Crippen molar-refractivity contribution in [2.24, 2.45) is 10.2 Å². The number of anilines is 1. The fourth-order valence-electron chi connectivity index (χ4n) is 2.45. The van der Waals surface area contributed by atoms with Crippen LogP contribution in [0.15, 0.2) is 89.1 Å². The van der Waals surface area contributed by atoms with Crippen LogP contribution in [0.2, 0.25) is 5.02 Å². The summed E-state index contributed by atoms with van der Waals surface area (Å²) >= 11 is 24.1. The van der Waals surface area contributed by atoms with Gasteiger partial charge in [-0.3, -0.25) is 4.79 Å². The second kappa shape index (κ2) is 10.1. The van der Waals surface area contributed by atoms with Crippen LogP contribution in [0.1, 0.15) is 10.4 Å². The van der Waals surface area contributed by atoms with Gasteiger partial charge in [-0.1, -0.05) is 70.7 Å². The van der Waals surface area contributed by atoms with Crippen molar-refractivity contribution in [1.82, 2.24) is 5.32 Å². The topological polar surface area (TPSA) is 65.8 Å². The Hall–Kier alpha value is -2.31. The maximum atomic E-state index is 12.5. The van der Waals surface area contributed by atoms with Gasteiger partial charge in [-0.2, -0.15) is 10.2 Å². The van der Waals surface area contributed by atoms with Crippen LogP contribution >= 0.6 is 46.4 Å². The Labute approximate surface area is 194 Å². The van der Waals surface area contributed by atoms with Crippen LogP contribution in [-0.4, -0.2) is 15.9 Å². The molecule has 0 radical (unpaired) electrons. The third-order valence-electron chi connectivity index (χ3n) is 3.91. The molecule has 2 N–H and O–H groups in total. The molecular formula is C21H16Cl4N4O. The van der Waals surface area contributed by atoms with Gasteiger partial charge in [-0.05, 0) is 54.6 Å². The maximum Gasteiger partial charge on any atom is 0.253 e. The highest BCUT2D eigenvalue weighted by atomic mass is 35.6. The quantitative estimate of drug-likeness (QED) is 0.220. The number of nitrogens with zero attached hydrogens (tertiary/aromatic N) is 2. The number of carbonyl (C=O) groups excluding carboxylic acids is 1. The van der Waals surface area contributed by atoms with Crippen molar-refractivity contribution < 1.29 is 4.79 Å². The molecule has 0 aromatic heterocycles. The van der Waals surface area contributed by atoms with Gasteiger partial charge >= 0.3 is 0 Å². The van der Waals surface area contributed by atoms with E-state index in [0.717, 1.165) is 5.69 Å². The zero-order chi connectivity index (χ0) is 21.6. The van der Waals surface area contributed by atoms with Gasteiger partial charge < -0.3 is 10.6 Å². The van der Waals surface area contributed by atoms with E-state index in [1.807, 2.05) is 30.3 Å². The number of halogens is 4. The first kappa shape index (κ1) is 22.4. The molecule has 0 aliphatic rings. The molecular weight excluding hydrogens is 466 g/mol. The zero-order valence-electron chi connectivity index (χ0n) is 15.4. The van der Waals surface area contributed by atoms with Crippen LogP contribution in [0.3, 0.4) is 0 Å². The highest BCUT2D eigenvalue weighted by Gasteiger charge is 2.34. The number of azo groups is 1. The van der Waals surface area contributed by atoms with Gasteiger partial charge in [0.1, 0.15) is 6.17 Å². The number of rotatable bonds is 6. The number of nitrogens with one attached hydrogen (secondary N) is 2. The lowest BCUT2D eigenvalue weighted by molar-refractivity contribution is 0.0942. The van der Waals surface area contributed by atoms with Crippen molar-refractivity contribution in [3.63, 3.8) is 0 Å². The zero-order valence-corrected chi connectivity index (χ0v) is 18.4. The first-order valence-corrected chi connectivity index (χ1v) is 10.3. The summed E-state index contributed by atoms with van der Waals surface area (Å²) in [6, 6.07) is 22.9. The normalized spacial score (nSPS) is 12.5. The summed E-state index contributed by atoms with van der Waals surface area (Å²) in [6.07, 6.45) is -0.995. The molecule has 0 heterocycles. The Bertz CT molecular complexity index is 1020. The molecule has 5 nitrogen and oxygen atoms in total. The second-order valence-corrected chi connectivity index (χ2v) is 8.99. The van der Waals surface area contributed by atoms with E-state index in [1.54, 1.807) is 42.5 Å². The summed E-state index contributed by atoms with van der Waals surface area (Å²) < 4.78 is -1.81. The molecule has 0 bridgehead atoms. The molecule has 0 fully saturated rings. The Balaban J connectivity index is 1.69. The summed E-state index contributed by atoms with van der Waals surface area (Å²) in [4.78, 5) is 12.5. The van der Waals surface area contributed by atoms with E-state index in [2.05, 4.69) is 20.9 Å². The first-order chi connectivity index (χ1) is 14.3. The molecule has 0 saturated carbocycles. The van der Waals surface area contributed by atoms with Crippen LogP contribution in [0, 0.1) is 0 Å². The Morgan fingerprint density at radius 3 is 2.07 bits per heavy atom. The minimum Gasteiger partial charge on any atom is -0.362 e. The Kier molecular flexibility index (Phi) is 7.56. The van der Waals surface area contributed by atoms with E-state index in [0.29, 0.717) is 22.0 Å². The van der Waals surface area contributed by atoms with Gasteiger partial charge in [-0.25, -0.2) is 0 Å². The van der Waals surface area contributed by atoms with E-state index in [1.165, 1.54) is 6.07 Å². The molecule has 3 aromatic rings. The van der Waals surface area contributed by atoms with Crippen LogP contribution in [0.25, 0.3) is 0 Å². The lowest BCUT2D eigenvalue weighted by Gasteiger charge is -2.27. The lowest BCUT2D eigenvalue weighted by atomic mass is 10.2. The van der Waals surface area contributed by atoms with Crippen LogP contribution in [0.4, 0.5) is 17.1 Å². The first-order valence-electron chi connectivity index (χ1n) is 8.78. The van der Waals surface area contributed by atoms with Gasteiger partial charge in [0.15, 0.2) is 0 Å². The fraction of sp³-hybridized carbons (Fsp3) is 0.0952. The van der Waals surface area contributed by atoms with E-state index in [4.69, 9.17) is 46.4 Å². The molecule has 30 heavy (non-hydrogen) atoms. The predicted octanol–water partition coefficient (Wildman–Crippen LogP) is 7.29. The van der Waals surface area contributed by atoms with Gasteiger partial charge in [-0.15, -0.1) is 0 Å². The summed E-state index contributed by atoms with van der Waals surface area (Å²) in [6.45, 7) is 0. The van der Waals surface area contributed by atoms with Crippen molar-refractivity contribution in [3.05, 3.63) is 89.4 Å². The standard InChI is InChI=1S/C21H16Cl4N4O/c22-15-6-4-5-14(13-15)19(30)27-20(21(23,24)25)26-16-9-11-18(12-10-16)29-28-17-7-2-1-3-8-17/h1-13,20,26H,(H,27,30)/t20-/m0/s1. The van der Waals surface area contributed by atoms with Crippen molar-refractivity contribution in [3.8, 4) is 0 Å². The highest BCUT2D eigenvalue weighted by molar-refractivity contribution is 6.68. The molecule has 0 unspecified atom stereocenters. The SMILES string of the molecule is O=C(N[C@H](Nc1ccc(N=Nc2ccccc2)cc1)C(Cl)(Cl)Cl)c1cccc(Cl)c1. The molecule has 3 rings (SSSR count). The monoisotopic (exact) mass is 480 g/mol. The number of carbonyl (C=O) groups is 1. The number of benzene rings is 3. The average molecular weight is 482 g/mol. The molecule has 1 atom stereocenters.